The summed E-state index contributed by atoms with van der Waals surface area (Å²) in [5.74, 6) is -0.158. The van der Waals surface area contributed by atoms with Gasteiger partial charge in [-0.15, -0.1) is 0 Å². The number of phosphoric ester groups is 1. The van der Waals surface area contributed by atoms with Gasteiger partial charge in [-0.1, -0.05) is 21.6 Å². The van der Waals surface area contributed by atoms with E-state index in [-0.39, 0.29) is 28.8 Å². The summed E-state index contributed by atoms with van der Waals surface area (Å²) < 4.78 is 59.6. The van der Waals surface area contributed by atoms with Gasteiger partial charge in [0.15, 0.2) is 11.9 Å². The van der Waals surface area contributed by atoms with E-state index in [1.54, 1.807) is 6.92 Å². The minimum absolute atomic E-state index is 0.111. The van der Waals surface area contributed by atoms with Crippen LogP contribution in [0.3, 0.4) is 0 Å². The first-order valence-electron chi connectivity index (χ1n) is 9.61. The molecule has 1 aliphatic rings. The monoisotopic (exact) mass is 613 g/mol. The summed E-state index contributed by atoms with van der Waals surface area (Å²) in [5.41, 5.74) is 4.83. The van der Waals surface area contributed by atoms with Crippen LogP contribution in [-0.2, 0) is 36.3 Å². The normalized spacial score (nSPS) is 25.0. The molecule has 0 aromatic carbocycles. The molecule has 1 fully saturated rings. The number of ether oxygens (including phenoxy) is 2. The second-order valence-corrected chi connectivity index (χ2v) is 14.2. The number of rotatable bonds is 12. The first kappa shape index (κ1) is 29.7. The van der Waals surface area contributed by atoms with E-state index in [0.717, 1.165) is 0 Å². The number of anilines is 1. The van der Waals surface area contributed by atoms with Gasteiger partial charge in [0.1, 0.15) is 16.9 Å². The average Bonchev–Trinajstić information content (AvgIpc) is 3.27. The van der Waals surface area contributed by atoms with Gasteiger partial charge in [-0.05, 0) is 13.2 Å². The molecule has 0 bridgehead atoms. The predicted octanol–water partition coefficient (Wildman–Crippen LogP) is 1.07. The SMILES string of the molecule is CSS[C@H](C)OC1C[C@H](n2ncc3c(=O)[nH]c(N)nc32)O[C@@H]1COP(=O)(O)OP(=O)(O)OP(=O)(O)O. The maximum absolute atomic E-state index is 12.1. The Labute approximate surface area is 210 Å². The van der Waals surface area contributed by atoms with Gasteiger partial charge in [-0.3, -0.25) is 14.3 Å². The fraction of sp³-hybridized carbons (Fsp3) is 0.615. The molecular formula is C13H22N5O13P3S2. The van der Waals surface area contributed by atoms with E-state index in [0.29, 0.717) is 0 Å². The lowest BCUT2D eigenvalue weighted by Crippen LogP contribution is -2.30. The highest BCUT2D eigenvalue weighted by Gasteiger charge is 2.44. The maximum atomic E-state index is 12.1. The summed E-state index contributed by atoms with van der Waals surface area (Å²) in [6.45, 7) is 1.02. The van der Waals surface area contributed by atoms with Crippen LogP contribution in [0.1, 0.15) is 19.6 Å². The number of nitrogens with zero attached hydrogens (tertiary/aromatic N) is 3. The van der Waals surface area contributed by atoms with Crippen molar-refractivity contribution in [2.75, 3.05) is 18.6 Å². The third kappa shape index (κ3) is 8.09. The summed E-state index contributed by atoms with van der Waals surface area (Å²) in [4.78, 5) is 54.8. The molecule has 3 heterocycles. The second kappa shape index (κ2) is 11.5. The highest BCUT2D eigenvalue weighted by molar-refractivity contribution is 8.76. The lowest BCUT2D eigenvalue weighted by atomic mass is 10.2. The number of nitrogen functional groups attached to an aromatic ring is 1. The van der Waals surface area contributed by atoms with Crippen LogP contribution in [0.25, 0.3) is 11.0 Å². The van der Waals surface area contributed by atoms with Crippen molar-refractivity contribution in [2.24, 2.45) is 0 Å². The molecule has 7 N–H and O–H groups in total. The molecule has 0 radical (unpaired) electrons. The average molecular weight is 613 g/mol. The number of aromatic nitrogens is 4. The van der Waals surface area contributed by atoms with E-state index in [2.05, 4.69) is 23.7 Å². The number of hydrogen-bond acceptors (Lipinski definition) is 14. The van der Waals surface area contributed by atoms with Gasteiger partial charge in [-0.2, -0.15) is 18.7 Å². The Morgan fingerprint density at radius 2 is 1.97 bits per heavy atom. The summed E-state index contributed by atoms with van der Waals surface area (Å²) >= 11 is 0. The van der Waals surface area contributed by atoms with Gasteiger partial charge in [0.05, 0.1) is 18.9 Å². The Kier molecular flexibility index (Phi) is 9.51. The molecular weight excluding hydrogens is 591 g/mol. The van der Waals surface area contributed by atoms with E-state index in [9.17, 15) is 28.3 Å². The first-order chi connectivity index (χ1) is 16.6. The molecule has 0 amide bonds. The zero-order valence-electron chi connectivity index (χ0n) is 18.3. The van der Waals surface area contributed by atoms with E-state index in [1.807, 2.05) is 6.26 Å². The molecule has 2 aromatic rings. The molecule has 1 saturated heterocycles. The highest BCUT2D eigenvalue weighted by atomic mass is 33.1. The molecule has 18 nitrogen and oxygen atoms in total. The van der Waals surface area contributed by atoms with Crippen LogP contribution in [0.15, 0.2) is 11.0 Å². The van der Waals surface area contributed by atoms with Gasteiger partial charge < -0.3 is 34.8 Å². The lowest BCUT2D eigenvalue weighted by Gasteiger charge is -2.23. The third-order valence-electron chi connectivity index (χ3n) is 4.35. The molecule has 36 heavy (non-hydrogen) atoms. The Balaban J connectivity index is 1.78. The van der Waals surface area contributed by atoms with Crippen molar-refractivity contribution in [3.63, 3.8) is 0 Å². The number of aromatic amines is 1. The van der Waals surface area contributed by atoms with Gasteiger partial charge in [0.2, 0.25) is 5.95 Å². The molecule has 0 spiro atoms. The molecule has 23 heteroatoms. The molecule has 2 aromatic heterocycles. The minimum atomic E-state index is -5.68. The lowest BCUT2D eigenvalue weighted by molar-refractivity contribution is -0.0640. The maximum Gasteiger partial charge on any atom is 0.490 e. The number of nitrogens with two attached hydrogens (primary N) is 1. The topological polar surface area (TPSA) is 268 Å². The van der Waals surface area contributed by atoms with E-state index < -0.39 is 54.1 Å². The van der Waals surface area contributed by atoms with E-state index >= 15 is 0 Å². The Morgan fingerprint density at radius 3 is 2.61 bits per heavy atom. The first-order valence-corrected chi connectivity index (χ1v) is 16.7. The fourth-order valence-corrected chi connectivity index (χ4v) is 7.62. The number of nitrogens with one attached hydrogen (secondary N) is 1. The Hall–Kier alpha value is -0.820. The van der Waals surface area contributed by atoms with Gasteiger partial charge >= 0.3 is 23.5 Å². The van der Waals surface area contributed by atoms with Crippen LogP contribution in [-0.4, -0.2) is 69.8 Å². The van der Waals surface area contributed by atoms with E-state index in [4.69, 9.17) is 29.5 Å². The van der Waals surface area contributed by atoms with Gasteiger partial charge in [-0.25, -0.2) is 18.4 Å². The van der Waals surface area contributed by atoms with Gasteiger partial charge in [0.25, 0.3) is 5.56 Å². The smallest absolute Gasteiger partial charge is 0.369 e. The second-order valence-electron chi connectivity index (χ2n) is 7.03. The zero-order valence-corrected chi connectivity index (χ0v) is 22.7. The van der Waals surface area contributed by atoms with Crippen molar-refractivity contribution in [1.82, 2.24) is 19.7 Å². The van der Waals surface area contributed by atoms with Crippen molar-refractivity contribution >= 4 is 62.0 Å². The molecule has 6 atom stereocenters. The Morgan fingerprint density at radius 1 is 1.28 bits per heavy atom. The standard InChI is InChI=1S/C13H22N5O13P3S2/c1-6(36-35-2)28-8-3-10(18-11-7(4-15-18)12(19)17-13(14)16-11)29-9(8)5-27-33(23,24)31-34(25,26)30-32(20,21)22/h4,6,8-10H,3,5H2,1-2H3,(H,23,24)(H,25,26)(H2,20,21,22)(H3,14,16,17,19)/t6-,8?,9-,10-/m1/s1. The van der Waals surface area contributed by atoms with Crippen molar-refractivity contribution in [3.8, 4) is 0 Å². The number of hydrogen-bond donors (Lipinski definition) is 6. The van der Waals surface area contributed by atoms with Crippen LogP contribution >= 0.6 is 45.1 Å². The van der Waals surface area contributed by atoms with Crippen LogP contribution in [0.5, 0.6) is 0 Å². The van der Waals surface area contributed by atoms with Crippen molar-refractivity contribution in [1.29, 1.82) is 0 Å². The zero-order chi connectivity index (χ0) is 26.9. The molecule has 3 unspecified atom stereocenters. The largest absolute Gasteiger partial charge is 0.490 e. The van der Waals surface area contributed by atoms with Crippen molar-refractivity contribution < 1.29 is 55.9 Å². The predicted molar refractivity (Wildman–Crippen MR) is 126 cm³/mol. The quantitative estimate of drug-likeness (QED) is 0.111. The molecule has 1 aliphatic heterocycles. The summed E-state index contributed by atoms with van der Waals surface area (Å²) in [5, 5.41) is 4.25. The van der Waals surface area contributed by atoms with Crippen LogP contribution in [0.4, 0.5) is 5.95 Å². The van der Waals surface area contributed by atoms with E-state index in [1.165, 1.54) is 32.5 Å². The Bertz CT molecular complexity index is 1290. The molecule has 3 rings (SSSR count). The summed E-state index contributed by atoms with van der Waals surface area (Å²) in [6, 6.07) is 0. The third-order valence-corrected chi connectivity index (χ3v) is 10.1. The molecule has 0 saturated carbocycles. The summed E-state index contributed by atoms with van der Waals surface area (Å²) in [7, 11) is -13.8. The highest BCUT2D eigenvalue weighted by Crippen LogP contribution is 2.66. The minimum Gasteiger partial charge on any atom is -0.369 e. The van der Waals surface area contributed by atoms with Gasteiger partial charge in [0, 0.05) is 6.42 Å². The van der Waals surface area contributed by atoms with Crippen LogP contribution < -0.4 is 11.3 Å². The van der Waals surface area contributed by atoms with Crippen LogP contribution in [0, 0.1) is 0 Å². The van der Waals surface area contributed by atoms with Crippen LogP contribution in [0.2, 0.25) is 0 Å². The van der Waals surface area contributed by atoms with Crippen molar-refractivity contribution in [2.45, 2.75) is 37.2 Å². The summed E-state index contributed by atoms with van der Waals surface area (Å²) in [6.07, 6.45) is 0.482. The fourth-order valence-electron chi connectivity index (χ4n) is 3.18. The number of fused-ring (bicyclic) bond motifs is 1. The molecule has 0 aliphatic carbocycles. The number of phosphoric acid groups is 3. The van der Waals surface area contributed by atoms with Crippen molar-refractivity contribution in [3.05, 3.63) is 16.6 Å². The molecule has 204 valence electrons. The number of H-pyrrole nitrogens is 1.